The van der Waals surface area contributed by atoms with Crippen molar-refractivity contribution >= 4 is 43.8 Å². The van der Waals surface area contributed by atoms with Crippen LogP contribution in [0.2, 0.25) is 0 Å². The minimum atomic E-state index is -3.36. The van der Waals surface area contributed by atoms with Gasteiger partial charge in [-0.15, -0.1) is 11.3 Å². The standard InChI is InChI=1S/C20H20N4O6S2/c1-4-30-18-10-7-14(11-17(18)24(26)27)19(25)22-20-21-16(12-31-20)13-5-8-15(9-6-13)23(2)32(3,28)29/h5-12H,4H2,1-3H3,(H,21,22,25). The van der Waals surface area contributed by atoms with Crippen LogP contribution in [-0.4, -0.2) is 44.1 Å². The average Bonchev–Trinajstić information content (AvgIpc) is 3.21. The molecule has 3 aromatic rings. The van der Waals surface area contributed by atoms with Gasteiger partial charge >= 0.3 is 5.69 Å². The number of thiazole rings is 1. The first-order valence-electron chi connectivity index (χ1n) is 9.32. The summed E-state index contributed by atoms with van der Waals surface area (Å²) < 4.78 is 29.7. The number of carbonyl (C=O) groups is 1. The summed E-state index contributed by atoms with van der Waals surface area (Å²) in [5.74, 6) is -0.447. The summed E-state index contributed by atoms with van der Waals surface area (Å²) in [6, 6.07) is 10.8. The number of rotatable bonds is 8. The van der Waals surface area contributed by atoms with Crippen LogP contribution in [0.15, 0.2) is 47.8 Å². The van der Waals surface area contributed by atoms with E-state index in [9.17, 15) is 23.3 Å². The van der Waals surface area contributed by atoms with Crippen LogP contribution in [0.3, 0.4) is 0 Å². The Labute approximate surface area is 188 Å². The molecule has 2 aromatic carbocycles. The van der Waals surface area contributed by atoms with Crippen molar-refractivity contribution in [1.29, 1.82) is 0 Å². The number of aromatic nitrogens is 1. The molecule has 32 heavy (non-hydrogen) atoms. The van der Waals surface area contributed by atoms with E-state index in [4.69, 9.17) is 4.74 Å². The maximum absolute atomic E-state index is 12.5. The van der Waals surface area contributed by atoms with Gasteiger partial charge < -0.3 is 4.74 Å². The van der Waals surface area contributed by atoms with Crippen LogP contribution in [0.1, 0.15) is 17.3 Å². The van der Waals surface area contributed by atoms with E-state index in [1.54, 1.807) is 36.6 Å². The number of hydrogen-bond donors (Lipinski definition) is 1. The summed E-state index contributed by atoms with van der Waals surface area (Å²) >= 11 is 1.20. The smallest absolute Gasteiger partial charge is 0.311 e. The van der Waals surface area contributed by atoms with Crippen LogP contribution in [0.5, 0.6) is 5.75 Å². The van der Waals surface area contributed by atoms with Gasteiger partial charge in [0.25, 0.3) is 5.91 Å². The highest BCUT2D eigenvalue weighted by Crippen LogP contribution is 2.30. The molecule has 0 spiro atoms. The molecule has 0 saturated heterocycles. The van der Waals surface area contributed by atoms with Crippen LogP contribution in [-0.2, 0) is 10.0 Å². The Balaban J connectivity index is 1.76. The number of nitro groups is 1. The van der Waals surface area contributed by atoms with Gasteiger partial charge in [0.15, 0.2) is 10.9 Å². The lowest BCUT2D eigenvalue weighted by Crippen LogP contribution is -2.24. The molecule has 0 aliphatic rings. The monoisotopic (exact) mass is 476 g/mol. The highest BCUT2D eigenvalue weighted by molar-refractivity contribution is 7.92. The summed E-state index contributed by atoms with van der Waals surface area (Å²) in [5, 5.41) is 16.0. The second-order valence-electron chi connectivity index (χ2n) is 6.64. The molecule has 0 aliphatic heterocycles. The summed E-state index contributed by atoms with van der Waals surface area (Å²) in [5.41, 5.74) is 1.65. The Morgan fingerprint density at radius 2 is 1.94 bits per heavy atom. The molecule has 1 heterocycles. The van der Waals surface area contributed by atoms with E-state index in [1.807, 2.05) is 0 Å². The highest BCUT2D eigenvalue weighted by atomic mass is 32.2. The van der Waals surface area contributed by atoms with E-state index >= 15 is 0 Å². The highest BCUT2D eigenvalue weighted by Gasteiger charge is 2.19. The van der Waals surface area contributed by atoms with Crippen molar-refractivity contribution in [1.82, 2.24) is 4.98 Å². The zero-order valence-electron chi connectivity index (χ0n) is 17.4. The molecule has 0 unspecified atom stereocenters. The van der Waals surface area contributed by atoms with Crippen LogP contribution < -0.4 is 14.4 Å². The molecule has 0 aliphatic carbocycles. The fourth-order valence-corrected chi connectivity index (χ4v) is 3.96. The predicted octanol–water partition coefficient (Wildman–Crippen LogP) is 3.77. The van der Waals surface area contributed by atoms with Gasteiger partial charge in [0.1, 0.15) is 0 Å². The Kier molecular flexibility index (Phi) is 6.75. The maximum atomic E-state index is 12.5. The Morgan fingerprint density at radius 3 is 2.53 bits per heavy atom. The molecule has 0 saturated carbocycles. The number of nitrogens with zero attached hydrogens (tertiary/aromatic N) is 3. The second-order valence-corrected chi connectivity index (χ2v) is 9.51. The number of anilines is 2. The van der Waals surface area contributed by atoms with Gasteiger partial charge in [-0.3, -0.25) is 24.5 Å². The average molecular weight is 477 g/mol. The summed E-state index contributed by atoms with van der Waals surface area (Å²) in [6.45, 7) is 1.97. The molecule has 1 amide bonds. The third kappa shape index (κ3) is 5.21. The number of amides is 1. The van der Waals surface area contributed by atoms with Gasteiger partial charge in [0.05, 0.1) is 29.2 Å². The van der Waals surface area contributed by atoms with E-state index in [1.165, 1.54) is 34.8 Å². The number of nitro benzene ring substituents is 1. The Morgan fingerprint density at radius 1 is 1.25 bits per heavy atom. The van der Waals surface area contributed by atoms with E-state index in [0.29, 0.717) is 16.5 Å². The minimum absolute atomic E-state index is 0.0931. The lowest BCUT2D eigenvalue weighted by atomic mass is 10.1. The molecule has 0 radical (unpaired) electrons. The van der Waals surface area contributed by atoms with Gasteiger partial charge in [0, 0.05) is 29.6 Å². The van der Waals surface area contributed by atoms with Gasteiger partial charge in [0.2, 0.25) is 10.0 Å². The molecule has 10 nitrogen and oxygen atoms in total. The SMILES string of the molecule is CCOc1ccc(C(=O)Nc2nc(-c3ccc(N(C)S(C)(=O)=O)cc3)cs2)cc1[N+](=O)[O-]. The van der Waals surface area contributed by atoms with E-state index < -0.39 is 20.9 Å². The molecule has 168 valence electrons. The zero-order valence-corrected chi connectivity index (χ0v) is 19.1. The van der Waals surface area contributed by atoms with E-state index in [-0.39, 0.29) is 23.6 Å². The molecule has 0 bridgehead atoms. The fourth-order valence-electron chi connectivity index (χ4n) is 2.75. The first-order chi connectivity index (χ1) is 15.1. The van der Waals surface area contributed by atoms with Crippen LogP contribution in [0.4, 0.5) is 16.5 Å². The third-order valence-electron chi connectivity index (χ3n) is 4.47. The van der Waals surface area contributed by atoms with Crippen molar-refractivity contribution in [2.24, 2.45) is 0 Å². The van der Waals surface area contributed by atoms with Crippen molar-refractivity contribution in [2.45, 2.75) is 6.92 Å². The lowest BCUT2D eigenvalue weighted by Gasteiger charge is -2.16. The van der Waals surface area contributed by atoms with Crippen molar-refractivity contribution in [3.63, 3.8) is 0 Å². The van der Waals surface area contributed by atoms with E-state index in [2.05, 4.69) is 10.3 Å². The molecule has 0 atom stereocenters. The van der Waals surface area contributed by atoms with Gasteiger partial charge in [-0.1, -0.05) is 12.1 Å². The normalized spacial score (nSPS) is 11.1. The molecule has 3 rings (SSSR count). The van der Waals surface area contributed by atoms with E-state index in [0.717, 1.165) is 17.9 Å². The number of sulfonamides is 1. The number of ether oxygens (including phenoxy) is 1. The first kappa shape index (κ1) is 23.2. The van der Waals surface area contributed by atoms with Crippen molar-refractivity contribution in [2.75, 3.05) is 29.5 Å². The van der Waals surface area contributed by atoms with Crippen molar-refractivity contribution in [3.05, 3.63) is 63.5 Å². The molecule has 1 N–H and O–H groups in total. The van der Waals surface area contributed by atoms with Gasteiger partial charge in [-0.2, -0.15) is 0 Å². The topological polar surface area (TPSA) is 132 Å². The summed E-state index contributed by atoms with van der Waals surface area (Å²) in [4.78, 5) is 27.6. The van der Waals surface area contributed by atoms with Gasteiger partial charge in [-0.05, 0) is 31.2 Å². The Hall–Kier alpha value is -3.51. The quantitative estimate of drug-likeness (QED) is 0.387. The minimum Gasteiger partial charge on any atom is -0.487 e. The molecule has 12 heteroatoms. The second kappa shape index (κ2) is 9.32. The predicted molar refractivity (Wildman–Crippen MR) is 123 cm³/mol. The lowest BCUT2D eigenvalue weighted by molar-refractivity contribution is -0.385. The van der Waals surface area contributed by atoms with Crippen LogP contribution in [0.25, 0.3) is 11.3 Å². The fraction of sp³-hybridized carbons (Fsp3) is 0.200. The van der Waals surface area contributed by atoms with Crippen molar-refractivity contribution < 1.29 is 22.9 Å². The number of hydrogen-bond acceptors (Lipinski definition) is 8. The molecular formula is C20H20N4O6S2. The van der Waals surface area contributed by atoms with Gasteiger partial charge in [-0.25, -0.2) is 13.4 Å². The Bertz CT molecular complexity index is 1260. The number of carbonyl (C=O) groups excluding carboxylic acids is 1. The van der Waals surface area contributed by atoms with Crippen LogP contribution >= 0.6 is 11.3 Å². The zero-order chi connectivity index (χ0) is 23.5. The molecule has 0 fully saturated rings. The van der Waals surface area contributed by atoms with Crippen LogP contribution in [0, 0.1) is 10.1 Å². The molecule has 1 aromatic heterocycles. The number of benzene rings is 2. The summed E-state index contributed by atoms with van der Waals surface area (Å²) in [6.07, 6.45) is 1.12. The first-order valence-corrected chi connectivity index (χ1v) is 12.1. The number of nitrogens with one attached hydrogen (secondary N) is 1. The summed E-state index contributed by atoms with van der Waals surface area (Å²) in [7, 11) is -1.90. The molecular weight excluding hydrogens is 456 g/mol. The van der Waals surface area contributed by atoms with Crippen molar-refractivity contribution in [3.8, 4) is 17.0 Å². The largest absolute Gasteiger partial charge is 0.487 e. The third-order valence-corrected chi connectivity index (χ3v) is 6.43. The maximum Gasteiger partial charge on any atom is 0.311 e.